The van der Waals surface area contributed by atoms with Crippen molar-refractivity contribution in [2.75, 3.05) is 32.7 Å². The van der Waals surface area contributed by atoms with Crippen molar-refractivity contribution >= 4 is 11.8 Å². The molecule has 0 radical (unpaired) electrons. The van der Waals surface area contributed by atoms with Crippen LogP contribution in [0, 0.1) is 0 Å². The Morgan fingerprint density at radius 3 is 2.81 bits per heavy atom. The Bertz CT molecular complexity index is 518. The van der Waals surface area contributed by atoms with Gasteiger partial charge < -0.3 is 10.2 Å². The van der Waals surface area contributed by atoms with Crippen molar-refractivity contribution in [2.45, 2.75) is 18.9 Å². The number of hydrogen-bond acceptors (Lipinski definition) is 3. The maximum absolute atomic E-state index is 12.4. The summed E-state index contributed by atoms with van der Waals surface area (Å²) in [5.41, 5.74) is 1.28. The van der Waals surface area contributed by atoms with Gasteiger partial charge in [0.1, 0.15) is 0 Å². The van der Waals surface area contributed by atoms with Crippen LogP contribution in [0.5, 0.6) is 0 Å². The lowest BCUT2D eigenvalue weighted by atomic mass is 10.0. The van der Waals surface area contributed by atoms with Gasteiger partial charge in [-0.2, -0.15) is 0 Å². The van der Waals surface area contributed by atoms with E-state index in [1.165, 1.54) is 5.56 Å². The highest BCUT2D eigenvalue weighted by Gasteiger charge is 2.30. The minimum Gasteiger partial charge on any atom is -0.353 e. The fraction of sp³-hybridized carbons (Fsp3) is 0.500. The summed E-state index contributed by atoms with van der Waals surface area (Å²) in [5, 5.41) is 2.75. The maximum atomic E-state index is 12.4. The minimum absolute atomic E-state index is 0.0596. The zero-order chi connectivity index (χ0) is 14.7. The summed E-state index contributed by atoms with van der Waals surface area (Å²) in [6.07, 6.45) is 2.21. The van der Waals surface area contributed by atoms with E-state index in [2.05, 4.69) is 22.3 Å². The van der Waals surface area contributed by atoms with E-state index in [1.54, 1.807) is 4.90 Å². The molecule has 3 rings (SSSR count). The highest BCUT2D eigenvalue weighted by atomic mass is 16.2. The molecule has 0 aliphatic carbocycles. The van der Waals surface area contributed by atoms with Crippen LogP contribution in [0.3, 0.4) is 0 Å². The van der Waals surface area contributed by atoms with Gasteiger partial charge in [-0.3, -0.25) is 14.5 Å². The van der Waals surface area contributed by atoms with E-state index in [1.807, 2.05) is 18.2 Å². The predicted molar refractivity (Wildman–Crippen MR) is 79.6 cm³/mol. The van der Waals surface area contributed by atoms with E-state index in [-0.39, 0.29) is 18.4 Å². The molecule has 0 bridgehead atoms. The van der Waals surface area contributed by atoms with Gasteiger partial charge in [0.05, 0.1) is 13.1 Å². The first-order chi connectivity index (χ1) is 10.2. The molecule has 1 unspecified atom stereocenters. The highest BCUT2D eigenvalue weighted by molar-refractivity contribution is 5.86. The summed E-state index contributed by atoms with van der Waals surface area (Å²) in [7, 11) is 0. The van der Waals surface area contributed by atoms with Crippen LogP contribution < -0.4 is 5.32 Å². The van der Waals surface area contributed by atoms with Gasteiger partial charge in [-0.15, -0.1) is 0 Å². The lowest BCUT2D eigenvalue weighted by Crippen LogP contribution is -2.52. The van der Waals surface area contributed by atoms with Crippen LogP contribution in [0.15, 0.2) is 30.3 Å². The first-order valence-corrected chi connectivity index (χ1v) is 7.57. The maximum Gasteiger partial charge on any atom is 0.239 e. The average Bonchev–Trinajstić information content (AvgIpc) is 2.96. The summed E-state index contributed by atoms with van der Waals surface area (Å²) in [6, 6.07) is 10.7. The van der Waals surface area contributed by atoms with Gasteiger partial charge >= 0.3 is 0 Å². The number of benzene rings is 1. The molecular formula is C16H21N3O2. The van der Waals surface area contributed by atoms with Crippen LogP contribution >= 0.6 is 0 Å². The summed E-state index contributed by atoms with van der Waals surface area (Å²) < 4.78 is 0. The first kappa shape index (κ1) is 14.1. The van der Waals surface area contributed by atoms with Crippen LogP contribution in [0.2, 0.25) is 0 Å². The van der Waals surface area contributed by atoms with Crippen LogP contribution in [0.25, 0.3) is 0 Å². The topological polar surface area (TPSA) is 52.7 Å². The second-order valence-electron chi connectivity index (χ2n) is 5.70. The van der Waals surface area contributed by atoms with E-state index in [9.17, 15) is 9.59 Å². The molecule has 0 saturated carbocycles. The monoisotopic (exact) mass is 287 g/mol. The predicted octanol–water partition coefficient (Wildman–Crippen LogP) is 0.782. The Hall–Kier alpha value is -1.88. The lowest BCUT2D eigenvalue weighted by Gasteiger charge is -2.30. The molecule has 112 valence electrons. The van der Waals surface area contributed by atoms with E-state index < -0.39 is 0 Å². The molecule has 5 heteroatoms. The average molecular weight is 287 g/mol. The van der Waals surface area contributed by atoms with E-state index in [0.29, 0.717) is 25.7 Å². The first-order valence-electron chi connectivity index (χ1n) is 7.57. The number of carbonyl (C=O) groups excluding carboxylic acids is 2. The molecule has 21 heavy (non-hydrogen) atoms. The van der Waals surface area contributed by atoms with E-state index in [0.717, 1.165) is 19.4 Å². The molecular weight excluding hydrogens is 266 g/mol. The van der Waals surface area contributed by atoms with Crippen LogP contribution in [0.4, 0.5) is 0 Å². The van der Waals surface area contributed by atoms with Gasteiger partial charge in [0, 0.05) is 19.1 Å². The lowest BCUT2D eigenvalue weighted by molar-refractivity contribution is -0.139. The third-order valence-corrected chi connectivity index (χ3v) is 4.28. The van der Waals surface area contributed by atoms with Gasteiger partial charge in [-0.05, 0) is 24.9 Å². The van der Waals surface area contributed by atoms with Crippen LogP contribution in [-0.4, -0.2) is 54.3 Å². The molecule has 2 aliphatic heterocycles. The van der Waals surface area contributed by atoms with Gasteiger partial charge in [0.2, 0.25) is 11.8 Å². The quantitative estimate of drug-likeness (QED) is 0.894. The molecule has 2 heterocycles. The zero-order valence-electron chi connectivity index (χ0n) is 12.1. The Labute approximate surface area is 124 Å². The van der Waals surface area contributed by atoms with Crippen molar-refractivity contribution in [3.05, 3.63) is 35.9 Å². The molecule has 5 nitrogen and oxygen atoms in total. The fourth-order valence-corrected chi connectivity index (χ4v) is 3.19. The molecule has 2 fully saturated rings. The van der Waals surface area contributed by atoms with Gasteiger partial charge in [-0.1, -0.05) is 30.3 Å². The normalized spacial score (nSPS) is 23.1. The summed E-state index contributed by atoms with van der Waals surface area (Å²) in [5.74, 6) is 0.00307. The molecule has 0 aromatic heterocycles. The summed E-state index contributed by atoms with van der Waals surface area (Å²) in [6.45, 7) is 2.74. The van der Waals surface area contributed by atoms with Crippen molar-refractivity contribution in [3.8, 4) is 0 Å². The highest BCUT2D eigenvalue weighted by Crippen LogP contribution is 2.31. The Morgan fingerprint density at radius 2 is 2.05 bits per heavy atom. The minimum atomic E-state index is -0.0596. The van der Waals surface area contributed by atoms with E-state index >= 15 is 0 Å². The summed E-state index contributed by atoms with van der Waals surface area (Å²) in [4.78, 5) is 27.7. The Morgan fingerprint density at radius 1 is 1.24 bits per heavy atom. The number of likely N-dealkylation sites (tertiary alicyclic amines) is 1. The van der Waals surface area contributed by atoms with Gasteiger partial charge in [0.25, 0.3) is 0 Å². The number of piperazine rings is 1. The molecule has 0 spiro atoms. The van der Waals surface area contributed by atoms with Crippen molar-refractivity contribution in [2.24, 2.45) is 0 Å². The number of hydrogen-bond donors (Lipinski definition) is 1. The van der Waals surface area contributed by atoms with Crippen molar-refractivity contribution in [1.29, 1.82) is 0 Å². The van der Waals surface area contributed by atoms with Crippen LogP contribution in [-0.2, 0) is 9.59 Å². The van der Waals surface area contributed by atoms with Crippen LogP contribution in [0.1, 0.15) is 24.4 Å². The smallest absolute Gasteiger partial charge is 0.239 e. The number of nitrogens with zero attached hydrogens (tertiary/aromatic N) is 2. The zero-order valence-corrected chi connectivity index (χ0v) is 12.1. The SMILES string of the molecule is O=C1CN(C(=O)CN2CCCC2c2ccccc2)CCN1. The molecule has 1 N–H and O–H groups in total. The second kappa shape index (κ2) is 6.26. The number of nitrogens with one attached hydrogen (secondary N) is 1. The van der Waals surface area contributed by atoms with E-state index in [4.69, 9.17) is 0 Å². The Kier molecular flexibility index (Phi) is 4.20. The number of amides is 2. The molecule has 1 atom stereocenters. The summed E-state index contributed by atoms with van der Waals surface area (Å²) >= 11 is 0. The van der Waals surface area contributed by atoms with Gasteiger partial charge in [-0.25, -0.2) is 0 Å². The molecule has 1 aromatic rings. The largest absolute Gasteiger partial charge is 0.353 e. The standard InChI is InChI=1S/C16H21N3O2/c20-15-11-19(10-8-17-15)16(21)12-18-9-4-7-14(18)13-5-2-1-3-6-13/h1-3,5-6,14H,4,7-12H2,(H,17,20). The van der Waals surface area contributed by atoms with Crippen molar-refractivity contribution in [1.82, 2.24) is 15.1 Å². The van der Waals surface area contributed by atoms with Crippen molar-refractivity contribution < 1.29 is 9.59 Å². The molecule has 1 aromatic carbocycles. The third kappa shape index (κ3) is 3.24. The fourth-order valence-electron chi connectivity index (χ4n) is 3.19. The van der Waals surface area contributed by atoms with Crippen molar-refractivity contribution in [3.63, 3.8) is 0 Å². The molecule has 2 amide bonds. The van der Waals surface area contributed by atoms with Gasteiger partial charge in [0.15, 0.2) is 0 Å². The number of rotatable bonds is 3. The second-order valence-corrected chi connectivity index (χ2v) is 5.70. The molecule has 2 saturated heterocycles. The Balaban J connectivity index is 1.63. The molecule has 2 aliphatic rings. The third-order valence-electron chi connectivity index (χ3n) is 4.28. The number of carbonyl (C=O) groups is 2.